The van der Waals surface area contributed by atoms with Crippen LogP contribution in [0.3, 0.4) is 0 Å². The summed E-state index contributed by atoms with van der Waals surface area (Å²) in [5.74, 6) is -1.11. The number of anilines is 1. The van der Waals surface area contributed by atoms with Crippen LogP contribution in [-0.4, -0.2) is 71.0 Å². The highest BCUT2D eigenvalue weighted by atomic mass is 16.6. The second-order valence-electron chi connectivity index (χ2n) is 8.16. The molecule has 1 heterocycles. The van der Waals surface area contributed by atoms with E-state index in [9.17, 15) is 19.7 Å². The van der Waals surface area contributed by atoms with Gasteiger partial charge >= 0.3 is 11.7 Å². The standard InChI is InChI=1S/C24H30N4O6/c1-18(19-6-3-2-4-7-19)26-12-14-27(15-13-26)23(29)17-34-22-16-20(9-10-21(22)28(32)33)25-11-5-8-24(30)31/h2-4,6-7,9-10,16,18,25H,5,8,11-15,17H2,1H3,(H,30,31)/t18-/m1/s1. The van der Waals surface area contributed by atoms with E-state index >= 15 is 0 Å². The number of nitrogens with one attached hydrogen (secondary N) is 1. The summed E-state index contributed by atoms with van der Waals surface area (Å²) in [7, 11) is 0. The SMILES string of the molecule is C[C@H](c1ccccc1)N1CCN(C(=O)COc2cc(NCCCC(=O)O)ccc2[N+](=O)[O-])CC1. The first kappa shape index (κ1) is 25.0. The fraction of sp³-hybridized carbons (Fsp3) is 0.417. The van der Waals surface area contributed by atoms with Gasteiger partial charge in [0.05, 0.1) is 4.92 Å². The van der Waals surface area contributed by atoms with E-state index < -0.39 is 10.9 Å². The van der Waals surface area contributed by atoms with Gasteiger partial charge in [-0.3, -0.25) is 24.6 Å². The number of amides is 1. The number of carboxylic acid groups (broad SMARTS) is 1. The van der Waals surface area contributed by atoms with E-state index in [4.69, 9.17) is 9.84 Å². The Morgan fingerprint density at radius 2 is 1.85 bits per heavy atom. The Balaban J connectivity index is 1.53. The normalized spacial score (nSPS) is 14.9. The van der Waals surface area contributed by atoms with Crippen molar-refractivity contribution in [3.63, 3.8) is 0 Å². The lowest BCUT2D eigenvalue weighted by Crippen LogP contribution is -2.50. The van der Waals surface area contributed by atoms with Crippen LogP contribution in [0.5, 0.6) is 5.75 Å². The van der Waals surface area contributed by atoms with Gasteiger partial charge in [-0.15, -0.1) is 0 Å². The average molecular weight is 471 g/mol. The van der Waals surface area contributed by atoms with E-state index in [1.165, 1.54) is 23.8 Å². The highest BCUT2D eigenvalue weighted by Gasteiger charge is 2.25. The quantitative estimate of drug-likeness (QED) is 0.291. The maximum absolute atomic E-state index is 12.7. The zero-order valence-corrected chi connectivity index (χ0v) is 19.2. The van der Waals surface area contributed by atoms with Gasteiger partial charge in [0.15, 0.2) is 12.4 Å². The van der Waals surface area contributed by atoms with Crippen LogP contribution in [0.4, 0.5) is 11.4 Å². The van der Waals surface area contributed by atoms with Gasteiger partial charge in [-0.2, -0.15) is 0 Å². The number of carbonyl (C=O) groups is 2. The molecule has 34 heavy (non-hydrogen) atoms. The molecule has 1 aliphatic rings. The molecule has 0 radical (unpaired) electrons. The summed E-state index contributed by atoms with van der Waals surface area (Å²) < 4.78 is 5.56. The van der Waals surface area contributed by atoms with Crippen LogP contribution in [0, 0.1) is 10.1 Å². The molecule has 0 spiro atoms. The number of nitro benzene ring substituents is 1. The number of rotatable bonds is 11. The van der Waals surface area contributed by atoms with Crippen LogP contribution in [0.2, 0.25) is 0 Å². The lowest BCUT2D eigenvalue weighted by Gasteiger charge is -2.38. The smallest absolute Gasteiger partial charge is 0.311 e. The van der Waals surface area contributed by atoms with Crippen molar-refractivity contribution >= 4 is 23.3 Å². The summed E-state index contributed by atoms with van der Waals surface area (Å²) in [5, 5.41) is 23.1. The molecule has 0 unspecified atom stereocenters. The van der Waals surface area contributed by atoms with Crippen molar-refractivity contribution in [3.8, 4) is 5.75 Å². The van der Waals surface area contributed by atoms with Gasteiger partial charge < -0.3 is 20.1 Å². The lowest BCUT2D eigenvalue weighted by molar-refractivity contribution is -0.385. The van der Waals surface area contributed by atoms with Gasteiger partial charge in [0.2, 0.25) is 0 Å². The van der Waals surface area contributed by atoms with Crippen molar-refractivity contribution in [2.75, 3.05) is 44.6 Å². The minimum absolute atomic E-state index is 0.00193. The summed E-state index contributed by atoms with van der Waals surface area (Å²) in [4.78, 5) is 38.2. The van der Waals surface area contributed by atoms with Crippen molar-refractivity contribution in [2.45, 2.75) is 25.8 Å². The van der Waals surface area contributed by atoms with Crippen LogP contribution in [0.15, 0.2) is 48.5 Å². The predicted molar refractivity (Wildman–Crippen MR) is 127 cm³/mol. The molecule has 1 fully saturated rings. The van der Waals surface area contributed by atoms with E-state index in [1.807, 2.05) is 18.2 Å². The second kappa shape index (κ2) is 12.0. The maximum atomic E-state index is 12.7. The van der Waals surface area contributed by atoms with Crippen molar-refractivity contribution in [3.05, 3.63) is 64.2 Å². The van der Waals surface area contributed by atoms with Crippen LogP contribution in [-0.2, 0) is 9.59 Å². The first-order valence-corrected chi connectivity index (χ1v) is 11.3. The molecular formula is C24H30N4O6. The van der Waals surface area contributed by atoms with Crippen LogP contribution >= 0.6 is 0 Å². The fourth-order valence-corrected chi connectivity index (χ4v) is 3.89. The Morgan fingerprint density at radius 3 is 2.50 bits per heavy atom. The molecule has 2 aromatic rings. The number of hydrogen-bond donors (Lipinski definition) is 2. The Morgan fingerprint density at radius 1 is 1.15 bits per heavy atom. The molecule has 10 nitrogen and oxygen atoms in total. The molecule has 0 aliphatic carbocycles. The van der Waals surface area contributed by atoms with Crippen molar-refractivity contribution < 1.29 is 24.4 Å². The number of piperazine rings is 1. The molecule has 0 aromatic heterocycles. The van der Waals surface area contributed by atoms with Crippen LogP contribution in [0.25, 0.3) is 0 Å². The zero-order valence-electron chi connectivity index (χ0n) is 19.2. The minimum atomic E-state index is -0.886. The molecule has 1 aliphatic heterocycles. The third-order valence-corrected chi connectivity index (χ3v) is 5.90. The minimum Gasteiger partial charge on any atom is -0.481 e. The van der Waals surface area contributed by atoms with Crippen molar-refractivity contribution in [2.24, 2.45) is 0 Å². The largest absolute Gasteiger partial charge is 0.481 e. The monoisotopic (exact) mass is 470 g/mol. The topological polar surface area (TPSA) is 125 Å². The van der Waals surface area contributed by atoms with E-state index in [1.54, 1.807) is 4.90 Å². The van der Waals surface area contributed by atoms with Gasteiger partial charge in [0, 0.05) is 63.0 Å². The molecular weight excluding hydrogens is 440 g/mol. The number of nitro groups is 1. The number of carboxylic acids is 1. The molecule has 1 saturated heterocycles. The van der Waals surface area contributed by atoms with E-state index in [2.05, 4.69) is 29.3 Å². The molecule has 2 aromatic carbocycles. The molecule has 3 rings (SSSR count). The Kier molecular flexibility index (Phi) is 8.80. The Hall–Kier alpha value is -3.66. The second-order valence-corrected chi connectivity index (χ2v) is 8.16. The fourth-order valence-electron chi connectivity index (χ4n) is 3.89. The van der Waals surface area contributed by atoms with Crippen LogP contribution in [0.1, 0.15) is 31.4 Å². The molecule has 2 N–H and O–H groups in total. The third kappa shape index (κ3) is 6.92. The number of nitrogens with zero attached hydrogens (tertiary/aromatic N) is 3. The van der Waals surface area contributed by atoms with Crippen LogP contribution < -0.4 is 10.1 Å². The molecule has 1 atom stereocenters. The maximum Gasteiger partial charge on any atom is 0.311 e. The number of aliphatic carboxylic acids is 1. The van der Waals surface area contributed by atoms with E-state index in [-0.39, 0.29) is 36.4 Å². The van der Waals surface area contributed by atoms with Gasteiger partial charge in [-0.05, 0) is 25.0 Å². The number of carbonyl (C=O) groups excluding carboxylic acids is 1. The molecule has 0 saturated carbocycles. The first-order valence-electron chi connectivity index (χ1n) is 11.3. The number of ether oxygens (including phenoxy) is 1. The summed E-state index contributed by atoms with van der Waals surface area (Å²) in [6, 6.07) is 14.8. The Bertz CT molecular complexity index is 992. The number of hydrogen-bond acceptors (Lipinski definition) is 7. The number of benzene rings is 2. The molecule has 10 heteroatoms. The summed E-state index contributed by atoms with van der Waals surface area (Å²) in [5.41, 5.74) is 1.56. The van der Waals surface area contributed by atoms with Gasteiger partial charge in [0.25, 0.3) is 5.91 Å². The van der Waals surface area contributed by atoms with Crippen molar-refractivity contribution in [1.29, 1.82) is 0 Å². The Labute approximate surface area is 198 Å². The molecule has 1 amide bonds. The predicted octanol–water partition coefficient (Wildman–Crippen LogP) is 3.16. The average Bonchev–Trinajstić information content (AvgIpc) is 2.85. The van der Waals surface area contributed by atoms with Gasteiger partial charge in [0.1, 0.15) is 0 Å². The highest BCUT2D eigenvalue weighted by Crippen LogP contribution is 2.30. The molecule has 0 bridgehead atoms. The molecule has 182 valence electrons. The highest BCUT2D eigenvalue weighted by molar-refractivity contribution is 5.78. The lowest BCUT2D eigenvalue weighted by atomic mass is 10.1. The van der Waals surface area contributed by atoms with Gasteiger partial charge in [-0.1, -0.05) is 30.3 Å². The summed E-state index contributed by atoms with van der Waals surface area (Å²) in [6.45, 7) is 4.85. The third-order valence-electron chi connectivity index (χ3n) is 5.90. The van der Waals surface area contributed by atoms with Gasteiger partial charge in [-0.25, -0.2) is 0 Å². The summed E-state index contributed by atoms with van der Waals surface area (Å²) in [6.07, 6.45) is 0.436. The summed E-state index contributed by atoms with van der Waals surface area (Å²) >= 11 is 0. The van der Waals surface area contributed by atoms with E-state index in [0.29, 0.717) is 31.7 Å². The van der Waals surface area contributed by atoms with Crippen molar-refractivity contribution in [1.82, 2.24) is 9.80 Å². The zero-order chi connectivity index (χ0) is 24.5. The first-order chi connectivity index (χ1) is 16.3. The van der Waals surface area contributed by atoms with E-state index in [0.717, 1.165) is 13.1 Å².